The van der Waals surface area contributed by atoms with Gasteiger partial charge in [0, 0.05) is 5.69 Å². The van der Waals surface area contributed by atoms with Crippen LogP contribution < -0.4 is 5.32 Å². The summed E-state index contributed by atoms with van der Waals surface area (Å²) < 4.78 is 6.77. The number of nitrogens with one attached hydrogen (secondary N) is 1. The number of ether oxygens (including phenoxy) is 1. The molecule has 0 spiro atoms. The van der Waals surface area contributed by atoms with Gasteiger partial charge >= 0.3 is 5.97 Å². The minimum Gasteiger partial charge on any atom is -0.449 e. The van der Waals surface area contributed by atoms with Crippen LogP contribution in [0.3, 0.4) is 0 Å². The van der Waals surface area contributed by atoms with E-state index in [2.05, 4.69) is 15.4 Å². The van der Waals surface area contributed by atoms with Crippen molar-refractivity contribution in [1.82, 2.24) is 14.8 Å². The van der Waals surface area contributed by atoms with Gasteiger partial charge in [-0.1, -0.05) is 0 Å². The molecule has 134 valence electrons. The number of nitriles is 1. The van der Waals surface area contributed by atoms with Crippen molar-refractivity contribution in [3.8, 4) is 11.8 Å². The molecule has 3 aromatic rings. The molecule has 1 atom stereocenters. The fraction of sp³-hybridized carbons (Fsp3) is 0.105. The summed E-state index contributed by atoms with van der Waals surface area (Å²) in [6, 6.07) is 15.0. The quantitative estimate of drug-likeness (QED) is 0.698. The van der Waals surface area contributed by atoms with Gasteiger partial charge in [-0.25, -0.2) is 14.5 Å². The van der Waals surface area contributed by atoms with Crippen LogP contribution in [0.1, 0.15) is 22.8 Å². The number of rotatable bonds is 5. The number of benzene rings is 2. The number of carbonyl (C=O) groups is 2. The van der Waals surface area contributed by atoms with E-state index in [1.165, 1.54) is 13.3 Å². The van der Waals surface area contributed by atoms with E-state index in [1.807, 2.05) is 6.07 Å². The lowest BCUT2D eigenvalue weighted by Crippen LogP contribution is -2.30. The summed E-state index contributed by atoms with van der Waals surface area (Å²) in [6.45, 7) is 1.49. The third-order valence-corrected chi connectivity index (χ3v) is 3.72. The van der Waals surface area contributed by atoms with Crippen LogP contribution in [0.25, 0.3) is 5.69 Å². The maximum Gasteiger partial charge on any atom is 0.338 e. The first kappa shape index (κ1) is 17.8. The first-order chi connectivity index (χ1) is 13.1. The highest BCUT2D eigenvalue weighted by molar-refractivity contribution is 5.97. The Balaban J connectivity index is 1.59. The molecule has 0 bridgehead atoms. The first-order valence-electron chi connectivity index (χ1n) is 8.04. The SMILES string of the molecule is C[C@@H](OC(=O)c1ccc(-n2cncn2)cc1)C(=O)Nc1ccc(C#N)cc1. The van der Waals surface area contributed by atoms with Crippen LogP contribution in [0.2, 0.25) is 0 Å². The van der Waals surface area contributed by atoms with Crippen molar-refractivity contribution in [2.24, 2.45) is 0 Å². The highest BCUT2D eigenvalue weighted by Crippen LogP contribution is 2.12. The van der Waals surface area contributed by atoms with E-state index in [1.54, 1.807) is 59.5 Å². The van der Waals surface area contributed by atoms with E-state index in [0.717, 1.165) is 5.69 Å². The third-order valence-electron chi connectivity index (χ3n) is 3.72. The van der Waals surface area contributed by atoms with E-state index in [0.29, 0.717) is 16.8 Å². The Morgan fingerprint density at radius 2 is 1.85 bits per heavy atom. The Morgan fingerprint density at radius 3 is 2.44 bits per heavy atom. The molecule has 0 radical (unpaired) electrons. The number of hydrogen-bond donors (Lipinski definition) is 1. The Bertz CT molecular complexity index is 974. The standard InChI is InChI=1S/C19H15N5O3/c1-13(18(25)23-16-6-2-14(10-20)3-7-16)27-19(26)15-4-8-17(9-5-15)24-12-21-11-22-24/h2-9,11-13H,1H3,(H,23,25)/t13-/m1/s1. The molecule has 2 aromatic carbocycles. The maximum absolute atomic E-state index is 12.2. The molecule has 0 aliphatic carbocycles. The second kappa shape index (κ2) is 7.93. The molecular weight excluding hydrogens is 346 g/mol. The molecule has 0 saturated heterocycles. The molecule has 27 heavy (non-hydrogen) atoms. The van der Waals surface area contributed by atoms with Crippen molar-refractivity contribution in [2.45, 2.75) is 13.0 Å². The van der Waals surface area contributed by atoms with E-state index in [4.69, 9.17) is 10.00 Å². The van der Waals surface area contributed by atoms with E-state index >= 15 is 0 Å². The molecule has 0 saturated carbocycles. The van der Waals surface area contributed by atoms with Crippen LogP contribution in [-0.4, -0.2) is 32.7 Å². The highest BCUT2D eigenvalue weighted by atomic mass is 16.5. The van der Waals surface area contributed by atoms with Gasteiger partial charge in [-0.3, -0.25) is 4.79 Å². The summed E-state index contributed by atoms with van der Waals surface area (Å²) in [6.07, 6.45) is 1.97. The zero-order valence-corrected chi connectivity index (χ0v) is 14.4. The fourth-order valence-electron chi connectivity index (χ4n) is 2.25. The lowest BCUT2D eigenvalue weighted by Gasteiger charge is -2.13. The number of esters is 1. The molecular formula is C19H15N5O3. The molecule has 8 nitrogen and oxygen atoms in total. The lowest BCUT2D eigenvalue weighted by molar-refractivity contribution is -0.123. The summed E-state index contributed by atoms with van der Waals surface area (Å²) in [4.78, 5) is 28.3. The van der Waals surface area contributed by atoms with E-state index in [-0.39, 0.29) is 0 Å². The van der Waals surface area contributed by atoms with Gasteiger partial charge in [-0.15, -0.1) is 0 Å². The monoisotopic (exact) mass is 361 g/mol. The predicted octanol–water partition coefficient (Wildman–Crippen LogP) is 2.32. The number of nitrogens with zero attached hydrogens (tertiary/aromatic N) is 4. The predicted molar refractivity (Wildman–Crippen MR) is 96.0 cm³/mol. The highest BCUT2D eigenvalue weighted by Gasteiger charge is 2.19. The smallest absolute Gasteiger partial charge is 0.338 e. The topological polar surface area (TPSA) is 110 Å². The van der Waals surface area contributed by atoms with Crippen LogP contribution in [0, 0.1) is 11.3 Å². The van der Waals surface area contributed by atoms with Crippen molar-refractivity contribution in [1.29, 1.82) is 5.26 Å². The molecule has 8 heteroatoms. The van der Waals surface area contributed by atoms with Crippen molar-refractivity contribution in [3.63, 3.8) is 0 Å². The fourth-order valence-corrected chi connectivity index (χ4v) is 2.25. The zero-order valence-electron chi connectivity index (χ0n) is 14.4. The molecule has 3 rings (SSSR count). The van der Waals surface area contributed by atoms with Crippen molar-refractivity contribution in [3.05, 3.63) is 72.3 Å². The van der Waals surface area contributed by atoms with Crippen LogP contribution in [0.15, 0.2) is 61.2 Å². The Hall–Kier alpha value is -3.99. The minimum atomic E-state index is -0.983. The van der Waals surface area contributed by atoms with Crippen LogP contribution in [-0.2, 0) is 9.53 Å². The zero-order chi connectivity index (χ0) is 19.2. The summed E-state index contributed by atoms with van der Waals surface area (Å²) in [5.41, 5.74) is 2.06. The molecule has 1 aromatic heterocycles. The molecule has 1 N–H and O–H groups in total. The number of amides is 1. The van der Waals surface area contributed by atoms with Gasteiger partial charge in [-0.2, -0.15) is 10.4 Å². The van der Waals surface area contributed by atoms with Gasteiger partial charge in [-0.05, 0) is 55.5 Å². The summed E-state index contributed by atoms with van der Waals surface area (Å²) in [5.74, 6) is -1.07. The van der Waals surface area contributed by atoms with E-state index < -0.39 is 18.0 Å². The second-order valence-electron chi connectivity index (χ2n) is 5.61. The Morgan fingerprint density at radius 1 is 1.15 bits per heavy atom. The van der Waals surface area contributed by atoms with Crippen molar-refractivity contribution in [2.75, 3.05) is 5.32 Å². The van der Waals surface area contributed by atoms with Gasteiger partial charge in [0.2, 0.25) is 0 Å². The van der Waals surface area contributed by atoms with Crippen molar-refractivity contribution < 1.29 is 14.3 Å². The number of carbonyl (C=O) groups excluding carboxylic acids is 2. The number of anilines is 1. The van der Waals surface area contributed by atoms with Crippen LogP contribution >= 0.6 is 0 Å². The van der Waals surface area contributed by atoms with Crippen LogP contribution in [0.4, 0.5) is 5.69 Å². The Labute approximate surface area is 155 Å². The summed E-state index contributed by atoms with van der Waals surface area (Å²) >= 11 is 0. The molecule has 0 fully saturated rings. The van der Waals surface area contributed by atoms with Gasteiger partial charge in [0.15, 0.2) is 6.10 Å². The Kier molecular flexibility index (Phi) is 5.23. The van der Waals surface area contributed by atoms with Crippen molar-refractivity contribution >= 4 is 17.6 Å². The summed E-state index contributed by atoms with van der Waals surface area (Å²) in [5, 5.41) is 15.4. The molecule has 1 amide bonds. The second-order valence-corrected chi connectivity index (χ2v) is 5.61. The average Bonchev–Trinajstić information content (AvgIpc) is 3.23. The van der Waals surface area contributed by atoms with E-state index in [9.17, 15) is 9.59 Å². The van der Waals surface area contributed by atoms with Gasteiger partial charge in [0.05, 0.1) is 22.9 Å². The van der Waals surface area contributed by atoms with Gasteiger partial charge in [0.25, 0.3) is 5.91 Å². The minimum absolute atomic E-state index is 0.317. The number of aromatic nitrogens is 3. The van der Waals surface area contributed by atoms with Gasteiger partial charge in [0.1, 0.15) is 12.7 Å². The largest absolute Gasteiger partial charge is 0.449 e. The van der Waals surface area contributed by atoms with Gasteiger partial charge < -0.3 is 10.1 Å². The first-order valence-corrected chi connectivity index (χ1v) is 8.04. The number of hydrogen-bond acceptors (Lipinski definition) is 6. The molecule has 0 aliphatic rings. The molecule has 0 unspecified atom stereocenters. The average molecular weight is 361 g/mol. The molecule has 1 heterocycles. The normalized spacial score (nSPS) is 11.3. The summed E-state index contributed by atoms with van der Waals surface area (Å²) in [7, 11) is 0. The van der Waals surface area contributed by atoms with Crippen LogP contribution in [0.5, 0.6) is 0 Å². The molecule has 0 aliphatic heterocycles. The lowest BCUT2D eigenvalue weighted by atomic mass is 10.2. The maximum atomic E-state index is 12.2. The third kappa shape index (κ3) is 4.35.